The zero-order chi connectivity index (χ0) is 21.0. The van der Waals surface area contributed by atoms with Gasteiger partial charge in [-0.25, -0.2) is 4.98 Å². The van der Waals surface area contributed by atoms with Gasteiger partial charge < -0.3 is 5.32 Å². The van der Waals surface area contributed by atoms with Crippen LogP contribution < -0.4 is 5.32 Å². The van der Waals surface area contributed by atoms with Gasteiger partial charge in [-0.05, 0) is 56.2 Å². The second kappa shape index (κ2) is 9.05. The van der Waals surface area contributed by atoms with Crippen LogP contribution in [-0.2, 0) is 17.6 Å². The fraction of sp³-hybridized carbons (Fsp3) is 0.381. The van der Waals surface area contributed by atoms with Crippen molar-refractivity contribution in [2.45, 2.75) is 56.2 Å². The minimum atomic E-state index is -0.489. The normalized spacial score (nSPS) is 13.8. The highest BCUT2D eigenvalue weighted by Crippen LogP contribution is 2.32. The molecule has 8 heteroatoms. The maximum absolute atomic E-state index is 12.9. The van der Waals surface area contributed by atoms with Crippen LogP contribution in [0.3, 0.4) is 0 Å². The molecule has 1 aromatic heterocycles. The number of amides is 1. The molecule has 0 fully saturated rings. The van der Waals surface area contributed by atoms with Crippen molar-refractivity contribution >= 4 is 29.0 Å². The largest absolute Gasteiger partial charge is 0.325 e. The van der Waals surface area contributed by atoms with Crippen molar-refractivity contribution in [1.82, 2.24) is 4.98 Å². The predicted molar refractivity (Wildman–Crippen MR) is 112 cm³/mol. The Morgan fingerprint density at radius 1 is 1.38 bits per heavy atom. The first kappa shape index (κ1) is 20.8. The third-order valence-corrected chi connectivity index (χ3v) is 6.36. The molecule has 0 spiro atoms. The number of nitrogens with one attached hydrogen (secondary N) is 1. The fourth-order valence-electron chi connectivity index (χ4n) is 3.31. The summed E-state index contributed by atoms with van der Waals surface area (Å²) in [4.78, 5) is 28.1. The first-order valence-corrected chi connectivity index (χ1v) is 10.5. The lowest BCUT2D eigenvalue weighted by atomic mass is 9.95. The van der Waals surface area contributed by atoms with Crippen LogP contribution >= 0.6 is 11.8 Å². The van der Waals surface area contributed by atoms with Crippen molar-refractivity contribution in [2.75, 3.05) is 5.32 Å². The van der Waals surface area contributed by atoms with E-state index in [9.17, 15) is 20.2 Å². The summed E-state index contributed by atoms with van der Waals surface area (Å²) in [5.74, 6) is -0.260. The topological polar surface area (TPSA) is 109 Å². The number of aryl methyl sites for hydroxylation is 3. The lowest BCUT2D eigenvalue weighted by Crippen LogP contribution is -2.25. The number of nitro benzene ring substituents is 1. The number of thioether (sulfide) groups is 1. The number of nitrogens with zero attached hydrogens (tertiary/aromatic N) is 3. The highest BCUT2D eigenvalue weighted by atomic mass is 32.2. The summed E-state index contributed by atoms with van der Waals surface area (Å²) < 4.78 is 0. The molecule has 1 atom stereocenters. The molecule has 29 heavy (non-hydrogen) atoms. The first-order chi connectivity index (χ1) is 13.9. The quantitative estimate of drug-likeness (QED) is 0.425. The first-order valence-electron chi connectivity index (χ1n) is 9.58. The summed E-state index contributed by atoms with van der Waals surface area (Å²) >= 11 is 1.28. The number of hydrogen-bond acceptors (Lipinski definition) is 6. The van der Waals surface area contributed by atoms with Crippen molar-refractivity contribution in [3.05, 3.63) is 56.8 Å². The molecule has 1 amide bonds. The molecule has 2 aromatic rings. The molecule has 3 rings (SSSR count). The van der Waals surface area contributed by atoms with Gasteiger partial charge in [0.05, 0.1) is 21.4 Å². The smallest absolute Gasteiger partial charge is 0.271 e. The van der Waals surface area contributed by atoms with Gasteiger partial charge in [0, 0.05) is 17.8 Å². The molecular weight excluding hydrogens is 388 g/mol. The van der Waals surface area contributed by atoms with Crippen molar-refractivity contribution in [1.29, 1.82) is 5.26 Å². The third-order valence-electron chi connectivity index (χ3n) is 4.99. The monoisotopic (exact) mass is 410 g/mol. The zero-order valence-corrected chi connectivity index (χ0v) is 17.2. The summed E-state index contributed by atoms with van der Waals surface area (Å²) in [6.45, 7) is 3.67. The van der Waals surface area contributed by atoms with Gasteiger partial charge in [-0.3, -0.25) is 14.9 Å². The second-order valence-corrected chi connectivity index (χ2v) is 8.22. The number of hydrogen-bond donors (Lipinski definition) is 1. The Hall–Kier alpha value is -2.92. The Balaban J connectivity index is 1.82. The molecule has 0 radical (unpaired) electrons. The van der Waals surface area contributed by atoms with Crippen LogP contribution in [0.25, 0.3) is 0 Å². The molecule has 1 heterocycles. The highest BCUT2D eigenvalue weighted by molar-refractivity contribution is 8.00. The number of aromatic nitrogens is 1. The van der Waals surface area contributed by atoms with Crippen LogP contribution in [-0.4, -0.2) is 21.1 Å². The van der Waals surface area contributed by atoms with E-state index in [0.29, 0.717) is 22.7 Å². The van der Waals surface area contributed by atoms with Crippen LogP contribution in [0.4, 0.5) is 11.4 Å². The molecule has 0 bridgehead atoms. The number of fused-ring (bicyclic) bond motifs is 1. The second-order valence-electron chi connectivity index (χ2n) is 7.03. The molecule has 0 aliphatic heterocycles. The van der Waals surface area contributed by atoms with Crippen molar-refractivity contribution in [2.24, 2.45) is 0 Å². The van der Waals surface area contributed by atoms with E-state index >= 15 is 0 Å². The maximum atomic E-state index is 12.9. The molecular formula is C21H22N4O3S. The number of rotatable bonds is 6. The summed E-state index contributed by atoms with van der Waals surface area (Å²) in [5, 5.41) is 23.5. The third kappa shape index (κ3) is 4.74. The number of nitriles is 1. The van der Waals surface area contributed by atoms with E-state index in [4.69, 9.17) is 0 Å². The van der Waals surface area contributed by atoms with Gasteiger partial charge in [0.1, 0.15) is 11.1 Å². The minimum Gasteiger partial charge on any atom is -0.325 e. The Morgan fingerprint density at radius 2 is 2.14 bits per heavy atom. The average molecular weight is 410 g/mol. The zero-order valence-electron chi connectivity index (χ0n) is 16.4. The van der Waals surface area contributed by atoms with E-state index in [2.05, 4.69) is 16.4 Å². The lowest BCUT2D eigenvalue weighted by Gasteiger charge is -2.19. The fourth-order valence-corrected chi connectivity index (χ4v) is 4.31. The van der Waals surface area contributed by atoms with Crippen LogP contribution in [0.2, 0.25) is 0 Å². The minimum absolute atomic E-state index is 0.0743. The Morgan fingerprint density at radius 3 is 2.83 bits per heavy atom. The summed E-state index contributed by atoms with van der Waals surface area (Å²) in [6, 6.07) is 8.49. The summed E-state index contributed by atoms with van der Waals surface area (Å²) in [5.41, 5.74) is 3.73. The summed E-state index contributed by atoms with van der Waals surface area (Å²) in [7, 11) is 0. The predicted octanol–water partition coefficient (Wildman–Crippen LogP) is 4.56. The van der Waals surface area contributed by atoms with E-state index in [1.165, 1.54) is 23.9 Å². The molecule has 1 unspecified atom stereocenters. The number of non-ortho nitro benzene ring substituents is 1. The van der Waals surface area contributed by atoms with Crippen molar-refractivity contribution in [3.8, 4) is 6.07 Å². The SMILES string of the molecule is CCC(Sc1nc2c(cc1C#N)CCCC2)C(=O)Nc1cc([N+](=O)[O-])ccc1C. The Kier molecular flexibility index (Phi) is 6.49. The average Bonchev–Trinajstić information content (AvgIpc) is 2.72. The Bertz CT molecular complexity index is 1000. The van der Waals surface area contributed by atoms with Crippen LogP contribution in [0.5, 0.6) is 0 Å². The number of carbonyl (C=O) groups excluding carboxylic acids is 1. The summed E-state index contributed by atoms with van der Waals surface area (Å²) in [6.07, 6.45) is 4.55. The van der Waals surface area contributed by atoms with E-state index in [0.717, 1.165) is 42.5 Å². The molecule has 0 saturated carbocycles. The Labute approximate surface area is 173 Å². The number of carbonyl (C=O) groups is 1. The standard InChI is InChI=1S/C21H22N4O3S/c1-3-19(20(26)23-18-11-16(25(27)28)9-8-13(18)2)29-21-15(12-22)10-14-6-4-5-7-17(14)24-21/h8-11,19H,3-7H2,1-2H3,(H,23,26). The molecule has 1 aliphatic carbocycles. The molecule has 7 nitrogen and oxygen atoms in total. The maximum Gasteiger partial charge on any atom is 0.271 e. The van der Waals surface area contributed by atoms with E-state index in [1.807, 2.05) is 13.0 Å². The van der Waals surface area contributed by atoms with Gasteiger partial charge in [0.2, 0.25) is 5.91 Å². The van der Waals surface area contributed by atoms with Gasteiger partial charge in [-0.1, -0.05) is 24.8 Å². The van der Waals surface area contributed by atoms with E-state index < -0.39 is 10.2 Å². The lowest BCUT2D eigenvalue weighted by molar-refractivity contribution is -0.384. The van der Waals surface area contributed by atoms with Gasteiger partial charge in [-0.15, -0.1) is 0 Å². The van der Waals surface area contributed by atoms with Gasteiger partial charge >= 0.3 is 0 Å². The van der Waals surface area contributed by atoms with Crippen LogP contribution in [0, 0.1) is 28.4 Å². The number of pyridine rings is 1. The molecule has 1 aromatic carbocycles. The van der Waals surface area contributed by atoms with Crippen molar-refractivity contribution < 1.29 is 9.72 Å². The number of benzene rings is 1. The molecule has 0 saturated heterocycles. The van der Waals surface area contributed by atoms with E-state index in [1.54, 1.807) is 13.0 Å². The van der Waals surface area contributed by atoms with Crippen LogP contribution in [0.15, 0.2) is 29.3 Å². The van der Waals surface area contributed by atoms with Gasteiger partial charge in [0.15, 0.2) is 0 Å². The van der Waals surface area contributed by atoms with Crippen LogP contribution in [0.1, 0.15) is 48.6 Å². The molecule has 1 N–H and O–H groups in total. The highest BCUT2D eigenvalue weighted by Gasteiger charge is 2.23. The van der Waals surface area contributed by atoms with E-state index in [-0.39, 0.29) is 11.6 Å². The van der Waals surface area contributed by atoms with Gasteiger partial charge in [-0.2, -0.15) is 5.26 Å². The molecule has 1 aliphatic rings. The number of nitro groups is 1. The number of anilines is 1. The van der Waals surface area contributed by atoms with Gasteiger partial charge in [0.25, 0.3) is 5.69 Å². The molecule has 150 valence electrons. The van der Waals surface area contributed by atoms with Crippen molar-refractivity contribution in [3.63, 3.8) is 0 Å².